The van der Waals surface area contributed by atoms with Gasteiger partial charge in [0.05, 0.1) is 10.4 Å². The maximum absolute atomic E-state index is 13.4. The van der Waals surface area contributed by atoms with Crippen LogP contribution in [-0.4, -0.2) is 5.11 Å². The standard InChI is InChI=1S/C12H9ClF2OS/c13-11-5-4-7(17-11)6-10(16)8-2-1-3-9(14)12(8)15/h1-5,10,16H,6H2. The van der Waals surface area contributed by atoms with Crippen LogP contribution >= 0.6 is 22.9 Å². The number of halogens is 3. The highest BCUT2D eigenvalue weighted by atomic mass is 35.5. The lowest BCUT2D eigenvalue weighted by Crippen LogP contribution is -2.04. The molecule has 0 amide bonds. The Morgan fingerprint density at radius 3 is 2.65 bits per heavy atom. The number of hydrogen-bond acceptors (Lipinski definition) is 2. The number of aliphatic hydroxyl groups excluding tert-OH is 1. The molecule has 0 aliphatic rings. The topological polar surface area (TPSA) is 20.2 Å². The smallest absolute Gasteiger partial charge is 0.164 e. The molecule has 1 aromatic heterocycles. The van der Waals surface area contributed by atoms with Gasteiger partial charge in [-0.25, -0.2) is 8.78 Å². The molecule has 1 unspecified atom stereocenters. The fourth-order valence-electron chi connectivity index (χ4n) is 1.54. The van der Waals surface area contributed by atoms with E-state index in [9.17, 15) is 13.9 Å². The molecule has 1 N–H and O–H groups in total. The van der Waals surface area contributed by atoms with Crippen molar-refractivity contribution in [3.8, 4) is 0 Å². The van der Waals surface area contributed by atoms with Gasteiger partial charge >= 0.3 is 0 Å². The lowest BCUT2D eigenvalue weighted by Gasteiger charge is -2.10. The van der Waals surface area contributed by atoms with Crippen LogP contribution in [0.15, 0.2) is 30.3 Å². The predicted molar refractivity (Wildman–Crippen MR) is 64.4 cm³/mol. The van der Waals surface area contributed by atoms with Crippen molar-refractivity contribution < 1.29 is 13.9 Å². The lowest BCUT2D eigenvalue weighted by atomic mass is 10.1. The molecule has 0 bridgehead atoms. The normalized spacial score (nSPS) is 12.7. The van der Waals surface area contributed by atoms with Crippen molar-refractivity contribution in [3.05, 3.63) is 56.7 Å². The van der Waals surface area contributed by atoms with Crippen molar-refractivity contribution in [1.29, 1.82) is 0 Å². The number of aliphatic hydroxyl groups is 1. The van der Waals surface area contributed by atoms with Gasteiger partial charge in [-0.3, -0.25) is 0 Å². The van der Waals surface area contributed by atoms with Crippen LogP contribution in [0.5, 0.6) is 0 Å². The van der Waals surface area contributed by atoms with E-state index in [2.05, 4.69) is 0 Å². The summed E-state index contributed by atoms with van der Waals surface area (Å²) in [5.41, 5.74) is -0.0328. The van der Waals surface area contributed by atoms with E-state index < -0.39 is 17.7 Å². The van der Waals surface area contributed by atoms with Crippen molar-refractivity contribution in [2.75, 3.05) is 0 Å². The summed E-state index contributed by atoms with van der Waals surface area (Å²) in [7, 11) is 0. The molecular formula is C12H9ClF2OS. The molecule has 0 aliphatic heterocycles. The van der Waals surface area contributed by atoms with Gasteiger partial charge in [-0.2, -0.15) is 0 Å². The number of benzene rings is 1. The first-order chi connectivity index (χ1) is 8.08. The van der Waals surface area contributed by atoms with Gasteiger partial charge in [0.15, 0.2) is 11.6 Å². The molecule has 2 aromatic rings. The van der Waals surface area contributed by atoms with Crippen LogP contribution in [0.3, 0.4) is 0 Å². The van der Waals surface area contributed by atoms with Crippen LogP contribution in [0, 0.1) is 11.6 Å². The van der Waals surface area contributed by atoms with Crippen molar-refractivity contribution in [1.82, 2.24) is 0 Å². The minimum absolute atomic E-state index is 0.0328. The van der Waals surface area contributed by atoms with Crippen LogP contribution in [0.4, 0.5) is 8.78 Å². The highest BCUT2D eigenvalue weighted by Gasteiger charge is 2.16. The predicted octanol–water partition coefficient (Wildman–Crippen LogP) is 3.96. The minimum Gasteiger partial charge on any atom is -0.388 e. The molecule has 17 heavy (non-hydrogen) atoms. The second-order valence-corrected chi connectivity index (χ2v) is 5.37. The maximum Gasteiger partial charge on any atom is 0.164 e. The summed E-state index contributed by atoms with van der Waals surface area (Å²) in [6.07, 6.45) is -0.849. The van der Waals surface area contributed by atoms with Gasteiger partial charge in [0, 0.05) is 16.9 Å². The minimum atomic E-state index is -1.07. The van der Waals surface area contributed by atoms with Gasteiger partial charge in [-0.05, 0) is 18.2 Å². The van der Waals surface area contributed by atoms with Crippen molar-refractivity contribution in [2.24, 2.45) is 0 Å². The Kier molecular flexibility index (Phi) is 3.76. The van der Waals surface area contributed by atoms with E-state index in [1.807, 2.05) is 0 Å². The van der Waals surface area contributed by atoms with Gasteiger partial charge in [-0.1, -0.05) is 23.7 Å². The summed E-state index contributed by atoms with van der Waals surface area (Å²) in [5.74, 6) is -1.95. The second-order valence-electron chi connectivity index (χ2n) is 3.57. The molecule has 2 rings (SSSR count). The summed E-state index contributed by atoms with van der Waals surface area (Å²) < 4.78 is 27.0. The van der Waals surface area contributed by atoms with Gasteiger partial charge < -0.3 is 5.11 Å². The first kappa shape index (κ1) is 12.5. The Morgan fingerprint density at radius 1 is 1.24 bits per heavy atom. The summed E-state index contributed by atoms with van der Waals surface area (Å²) in [5, 5.41) is 9.85. The first-order valence-electron chi connectivity index (χ1n) is 4.94. The molecule has 0 saturated carbocycles. The van der Waals surface area contributed by atoms with Crippen LogP contribution in [-0.2, 0) is 6.42 Å². The van der Waals surface area contributed by atoms with E-state index in [0.29, 0.717) is 4.34 Å². The molecule has 1 atom stereocenters. The summed E-state index contributed by atoms with van der Waals surface area (Å²) in [6.45, 7) is 0. The van der Waals surface area contributed by atoms with E-state index in [1.165, 1.54) is 23.5 Å². The summed E-state index contributed by atoms with van der Waals surface area (Å²) in [6, 6.07) is 7.23. The Balaban J connectivity index is 2.20. The Labute approximate surface area is 106 Å². The highest BCUT2D eigenvalue weighted by Crippen LogP contribution is 2.28. The van der Waals surface area contributed by atoms with Gasteiger partial charge in [-0.15, -0.1) is 11.3 Å². The fourth-order valence-corrected chi connectivity index (χ4v) is 2.66. The quantitative estimate of drug-likeness (QED) is 0.898. The Hall–Kier alpha value is -0.970. The molecule has 0 aliphatic carbocycles. The number of hydrogen-bond donors (Lipinski definition) is 1. The molecule has 1 heterocycles. The average Bonchev–Trinajstić information content (AvgIpc) is 2.68. The Morgan fingerprint density at radius 2 is 2.00 bits per heavy atom. The molecule has 0 saturated heterocycles. The van der Waals surface area contributed by atoms with Crippen molar-refractivity contribution in [2.45, 2.75) is 12.5 Å². The van der Waals surface area contributed by atoms with Crippen LogP contribution in [0.2, 0.25) is 4.34 Å². The van der Waals surface area contributed by atoms with E-state index >= 15 is 0 Å². The SMILES string of the molecule is OC(Cc1ccc(Cl)s1)c1cccc(F)c1F. The summed E-state index contributed by atoms with van der Waals surface area (Å²) >= 11 is 7.06. The number of thiophene rings is 1. The zero-order valence-corrected chi connectivity index (χ0v) is 10.2. The summed E-state index contributed by atoms with van der Waals surface area (Å²) in [4.78, 5) is 0.825. The third kappa shape index (κ3) is 2.83. The third-order valence-electron chi connectivity index (χ3n) is 2.36. The van der Waals surface area contributed by atoms with Crippen molar-refractivity contribution in [3.63, 3.8) is 0 Å². The molecule has 90 valence electrons. The maximum atomic E-state index is 13.4. The van der Waals surface area contributed by atoms with Crippen LogP contribution in [0.1, 0.15) is 16.5 Å². The molecule has 5 heteroatoms. The molecule has 1 aromatic carbocycles. The molecule has 0 radical (unpaired) electrons. The van der Waals surface area contributed by atoms with Crippen molar-refractivity contribution >= 4 is 22.9 Å². The third-order valence-corrected chi connectivity index (χ3v) is 3.62. The van der Waals surface area contributed by atoms with Crippen LogP contribution < -0.4 is 0 Å². The van der Waals surface area contributed by atoms with Gasteiger partial charge in [0.1, 0.15) is 0 Å². The first-order valence-corrected chi connectivity index (χ1v) is 6.13. The molecule has 0 spiro atoms. The average molecular weight is 275 g/mol. The zero-order valence-electron chi connectivity index (χ0n) is 8.66. The fraction of sp³-hybridized carbons (Fsp3) is 0.167. The largest absolute Gasteiger partial charge is 0.388 e. The van der Waals surface area contributed by atoms with Crippen LogP contribution in [0.25, 0.3) is 0 Å². The monoisotopic (exact) mass is 274 g/mol. The van der Waals surface area contributed by atoms with E-state index in [1.54, 1.807) is 12.1 Å². The molecular weight excluding hydrogens is 266 g/mol. The Bertz CT molecular complexity index is 527. The van der Waals surface area contributed by atoms with Gasteiger partial charge in [0.25, 0.3) is 0 Å². The van der Waals surface area contributed by atoms with E-state index in [-0.39, 0.29) is 12.0 Å². The molecule has 0 fully saturated rings. The zero-order chi connectivity index (χ0) is 12.4. The molecule has 1 nitrogen and oxygen atoms in total. The van der Waals surface area contributed by atoms with E-state index in [4.69, 9.17) is 11.6 Å². The van der Waals surface area contributed by atoms with Gasteiger partial charge in [0.2, 0.25) is 0 Å². The lowest BCUT2D eigenvalue weighted by molar-refractivity contribution is 0.173. The highest BCUT2D eigenvalue weighted by molar-refractivity contribution is 7.16. The second kappa shape index (κ2) is 5.12. The van der Waals surface area contributed by atoms with E-state index in [0.717, 1.165) is 10.9 Å². The number of rotatable bonds is 3.